The lowest BCUT2D eigenvalue weighted by atomic mass is 10.1. The standard InChI is InChI=1S/C11H10BrF3/c1-7-5-10(12)4-3-9(7)6-8(2)11(13,14)15/h3-6H,1-2H3/b8-6+. The van der Waals surface area contributed by atoms with Crippen LogP contribution >= 0.6 is 15.9 Å². The number of aryl methyl sites for hydroxylation is 1. The molecule has 0 aliphatic heterocycles. The van der Waals surface area contributed by atoms with Crippen LogP contribution in [0.5, 0.6) is 0 Å². The fourth-order valence-electron chi connectivity index (χ4n) is 1.12. The number of benzene rings is 1. The maximum Gasteiger partial charge on any atom is 0.412 e. The largest absolute Gasteiger partial charge is 0.412 e. The predicted molar refractivity (Wildman–Crippen MR) is 58.6 cm³/mol. The Morgan fingerprint density at radius 3 is 2.40 bits per heavy atom. The Labute approximate surface area is 94.9 Å². The first-order valence-electron chi connectivity index (χ1n) is 4.32. The topological polar surface area (TPSA) is 0 Å². The molecule has 0 spiro atoms. The third-order valence-electron chi connectivity index (χ3n) is 2.05. The van der Waals surface area contributed by atoms with E-state index in [1.54, 1.807) is 25.1 Å². The van der Waals surface area contributed by atoms with Gasteiger partial charge in [0.15, 0.2) is 0 Å². The van der Waals surface area contributed by atoms with Gasteiger partial charge in [-0.1, -0.05) is 22.0 Å². The van der Waals surface area contributed by atoms with Gasteiger partial charge in [-0.2, -0.15) is 13.2 Å². The average Bonchev–Trinajstić information content (AvgIpc) is 2.08. The number of hydrogen-bond donors (Lipinski definition) is 0. The minimum absolute atomic E-state index is 0.590. The van der Waals surface area contributed by atoms with Crippen LogP contribution < -0.4 is 0 Å². The summed E-state index contributed by atoms with van der Waals surface area (Å²) < 4.78 is 37.7. The smallest absolute Gasteiger partial charge is 0.166 e. The maximum atomic E-state index is 12.3. The first-order valence-corrected chi connectivity index (χ1v) is 5.11. The Morgan fingerprint density at radius 1 is 1.33 bits per heavy atom. The van der Waals surface area contributed by atoms with Gasteiger partial charge in [0.1, 0.15) is 0 Å². The van der Waals surface area contributed by atoms with Crippen molar-refractivity contribution >= 4 is 22.0 Å². The molecule has 4 heteroatoms. The molecule has 15 heavy (non-hydrogen) atoms. The van der Waals surface area contributed by atoms with E-state index < -0.39 is 11.7 Å². The molecule has 1 rings (SSSR count). The molecule has 0 unspecified atom stereocenters. The van der Waals surface area contributed by atoms with E-state index in [1.807, 2.05) is 0 Å². The summed E-state index contributed by atoms with van der Waals surface area (Å²) in [5.41, 5.74) is 0.814. The molecule has 0 N–H and O–H groups in total. The van der Waals surface area contributed by atoms with Gasteiger partial charge >= 0.3 is 6.18 Å². The number of rotatable bonds is 1. The lowest BCUT2D eigenvalue weighted by Crippen LogP contribution is -2.08. The van der Waals surface area contributed by atoms with Crippen molar-refractivity contribution < 1.29 is 13.2 Å². The molecule has 0 fully saturated rings. The van der Waals surface area contributed by atoms with Gasteiger partial charge in [0.2, 0.25) is 0 Å². The zero-order chi connectivity index (χ0) is 11.6. The average molecular weight is 279 g/mol. The third kappa shape index (κ3) is 3.38. The monoisotopic (exact) mass is 278 g/mol. The quantitative estimate of drug-likeness (QED) is 0.697. The van der Waals surface area contributed by atoms with Crippen molar-refractivity contribution in [1.82, 2.24) is 0 Å². The minimum atomic E-state index is -4.25. The normalized spacial score (nSPS) is 13.1. The highest BCUT2D eigenvalue weighted by molar-refractivity contribution is 9.10. The van der Waals surface area contributed by atoms with E-state index in [1.165, 1.54) is 0 Å². The van der Waals surface area contributed by atoms with Crippen molar-refractivity contribution in [3.05, 3.63) is 39.4 Å². The second kappa shape index (κ2) is 4.39. The summed E-state index contributed by atoms with van der Waals surface area (Å²) in [5, 5.41) is 0. The first kappa shape index (κ1) is 12.3. The molecule has 0 aliphatic rings. The van der Waals surface area contributed by atoms with Crippen molar-refractivity contribution in [2.24, 2.45) is 0 Å². The molecule has 1 aromatic carbocycles. The highest BCUT2D eigenvalue weighted by atomic mass is 79.9. The van der Waals surface area contributed by atoms with Gasteiger partial charge < -0.3 is 0 Å². The molecular formula is C11H10BrF3. The molecule has 0 bridgehead atoms. The second-order valence-electron chi connectivity index (χ2n) is 3.33. The van der Waals surface area contributed by atoms with Crippen LogP contribution in [0, 0.1) is 6.92 Å². The first-order chi connectivity index (χ1) is 6.80. The lowest BCUT2D eigenvalue weighted by molar-refractivity contribution is -0.0903. The SMILES string of the molecule is C/C(=C\c1ccc(Br)cc1C)C(F)(F)F. The molecule has 0 aliphatic carbocycles. The van der Waals surface area contributed by atoms with Crippen LogP contribution in [-0.4, -0.2) is 6.18 Å². The van der Waals surface area contributed by atoms with E-state index in [-0.39, 0.29) is 0 Å². The number of alkyl halides is 3. The fourth-order valence-corrected chi connectivity index (χ4v) is 1.59. The molecule has 1 aromatic rings. The molecule has 0 saturated heterocycles. The summed E-state index contributed by atoms with van der Waals surface area (Å²) in [6.07, 6.45) is -3.10. The Hall–Kier alpha value is -0.770. The highest BCUT2D eigenvalue weighted by Gasteiger charge is 2.29. The third-order valence-corrected chi connectivity index (χ3v) is 2.54. The van der Waals surface area contributed by atoms with Crippen LogP contribution in [0.1, 0.15) is 18.1 Å². The van der Waals surface area contributed by atoms with Crippen molar-refractivity contribution in [1.29, 1.82) is 0 Å². The Kier molecular flexibility index (Phi) is 3.60. The van der Waals surface area contributed by atoms with Crippen LogP contribution in [-0.2, 0) is 0 Å². The lowest BCUT2D eigenvalue weighted by Gasteiger charge is -2.07. The van der Waals surface area contributed by atoms with Crippen LogP contribution in [0.2, 0.25) is 0 Å². The van der Waals surface area contributed by atoms with E-state index in [0.29, 0.717) is 5.56 Å². The summed E-state index contributed by atoms with van der Waals surface area (Å²) in [6.45, 7) is 2.85. The molecule has 82 valence electrons. The molecule has 0 nitrogen and oxygen atoms in total. The summed E-state index contributed by atoms with van der Waals surface area (Å²) in [4.78, 5) is 0. The van der Waals surface area contributed by atoms with Gasteiger partial charge in [-0.15, -0.1) is 0 Å². The summed E-state index contributed by atoms with van der Waals surface area (Å²) in [5.74, 6) is 0. The van der Waals surface area contributed by atoms with E-state index in [4.69, 9.17) is 0 Å². The molecule has 0 saturated carbocycles. The van der Waals surface area contributed by atoms with Crippen LogP contribution in [0.4, 0.5) is 13.2 Å². The summed E-state index contributed by atoms with van der Waals surface area (Å²) >= 11 is 3.26. The van der Waals surface area contributed by atoms with Crippen molar-refractivity contribution in [3.8, 4) is 0 Å². The number of hydrogen-bond acceptors (Lipinski definition) is 0. The van der Waals surface area contributed by atoms with Gasteiger partial charge in [0.25, 0.3) is 0 Å². The molecule has 0 atom stereocenters. The van der Waals surface area contributed by atoms with Gasteiger partial charge in [-0.3, -0.25) is 0 Å². The van der Waals surface area contributed by atoms with Gasteiger partial charge in [-0.25, -0.2) is 0 Å². The number of halogens is 4. The fraction of sp³-hybridized carbons (Fsp3) is 0.273. The zero-order valence-electron chi connectivity index (χ0n) is 8.32. The van der Waals surface area contributed by atoms with E-state index in [2.05, 4.69) is 15.9 Å². The van der Waals surface area contributed by atoms with Gasteiger partial charge in [0.05, 0.1) is 0 Å². The van der Waals surface area contributed by atoms with Crippen molar-refractivity contribution in [2.45, 2.75) is 20.0 Å². The van der Waals surface area contributed by atoms with E-state index in [0.717, 1.165) is 23.0 Å². The van der Waals surface area contributed by atoms with E-state index >= 15 is 0 Å². The molecule has 0 radical (unpaired) electrons. The number of allylic oxidation sites excluding steroid dienone is 1. The summed E-state index contributed by atoms with van der Waals surface area (Å²) in [6, 6.07) is 5.17. The van der Waals surface area contributed by atoms with Crippen molar-refractivity contribution in [2.75, 3.05) is 0 Å². The zero-order valence-corrected chi connectivity index (χ0v) is 9.91. The van der Waals surface area contributed by atoms with Crippen molar-refractivity contribution in [3.63, 3.8) is 0 Å². The minimum Gasteiger partial charge on any atom is -0.166 e. The van der Waals surface area contributed by atoms with Gasteiger partial charge in [0, 0.05) is 10.0 Å². The van der Waals surface area contributed by atoms with Crippen LogP contribution in [0.25, 0.3) is 6.08 Å². The van der Waals surface area contributed by atoms with E-state index in [9.17, 15) is 13.2 Å². The molecule has 0 aromatic heterocycles. The Morgan fingerprint density at radius 2 is 1.93 bits per heavy atom. The molecule has 0 heterocycles. The maximum absolute atomic E-state index is 12.3. The highest BCUT2D eigenvalue weighted by Crippen LogP contribution is 2.28. The van der Waals surface area contributed by atoms with Crippen LogP contribution in [0.3, 0.4) is 0 Å². The van der Waals surface area contributed by atoms with Crippen LogP contribution in [0.15, 0.2) is 28.2 Å². The predicted octanol–water partition coefficient (Wildman–Crippen LogP) is 4.72. The second-order valence-corrected chi connectivity index (χ2v) is 4.24. The Balaban J connectivity index is 3.09. The Bertz CT molecular complexity index is 391. The molecule has 0 amide bonds. The summed E-state index contributed by atoms with van der Waals surface area (Å²) in [7, 11) is 0. The molecular weight excluding hydrogens is 269 g/mol. The van der Waals surface area contributed by atoms with Gasteiger partial charge in [-0.05, 0) is 43.2 Å².